The fourth-order valence-electron chi connectivity index (χ4n) is 1.76. The Morgan fingerprint density at radius 3 is 2.60 bits per heavy atom. The molecule has 0 aromatic heterocycles. The van der Waals surface area contributed by atoms with E-state index in [2.05, 4.69) is 0 Å². The number of Topliss-reactive ketones (excluding diaryl/α,β-unsaturated/α-hetero) is 1. The molecule has 1 aromatic carbocycles. The molecule has 0 heterocycles. The van der Waals surface area contributed by atoms with Gasteiger partial charge in [-0.15, -0.1) is 0 Å². The van der Waals surface area contributed by atoms with Crippen molar-refractivity contribution in [3.63, 3.8) is 0 Å². The SMILES string of the molecule is O=C1C=C[C@H](CC(=O)c2ccccc2)C1. The molecule has 0 N–H and O–H groups in total. The number of ketones is 2. The van der Waals surface area contributed by atoms with Gasteiger partial charge in [-0.25, -0.2) is 0 Å². The maximum absolute atomic E-state index is 11.8. The Bertz CT molecular complexity index is 404. The van der Waals surface area contributed by atoms with Crippen molar-refractivity contribution in [1.82, 2.24) is 0 Å². The molecule has 0 saturated heterocycles. The summed E-state index contributed by atoms with van der Waals surface area (Å²) >= 11 is 0. The molecule has 0 aliphatic heterocycles. The highest BCUT2D eigenvalue weighted by molar-refractivity contribution is 5.98. The van der Waals surface area contributed by atoms with Crippen LogP contribution in [0.1, 0.15) is 23.2 Å². The highest BCUT2D eigenvalue weighted by Gasteiger charge is 2.19. The van der Waals surface area contributed by atoms with Crippen LogP contribution < -0.4 is 0 Å². The molecule has 2 nitrogen and oxygen atoms in total. The lowest BCUT2D eigenvalue weighted by Gasteiger charge is -2.05. The molecule has 2 heteroatoms. The second-order valence-corrected chi connectivity index (χ2v) is 3.78. The van der Waals surface area contributed by atoms with Crippen LogP contribution in [0, 0.1) is 5.92 Å². The largest absolute Gasteiger partial charge is 0.295 e. The third-order valence-electron chi connectivity index (χ3n) is 2.56. The average Bonchev–Trinajstić information content (AvgIpc) is 2.65. The Kier molecular flexibility index (Phi) is 2.77. The van der Waals surface area contributed by atoms with Crippen LogP contribution in [0.15, 0.2) is 42.5 Å². The van der Waals surface area contributed by atoms with Crippen molar-refractivity contribution in [3.8, 4) is 0 Å². The summed E-state index contributed by atoms with van der Waals surface area (Å²) in [5, 5.41) is 0. The van der Waals surface area contributed by atoms with Gasteiger partial charge in [-0.05, 0) is 12.0 Å². The van der Waals surface area contributed by atoms with E-state index in [-0.39, 0.29) is 17.5 Å². The van der Waals surface area contributed by atoms with E-state index in [9.17, 15) is 9.59 Å². The molecule has 76 valence electrons. The van der Waals surface area contributed by atoms with Gasteiger partial charge in [0.15, 0.2) is 11.6 Å². The second-order valence-electron chi connectivity index (χ2n) is 3.78. The Balaban J connectivity index is 1.99. The molecule has 1 atom stereocenters. The van der Waals surface area contributed by atoms with Crippen LogP contribution in [0.5, 0.6) is 0 Å². The number of carbonyl (C=O) groups excluding carboxylic acids is 2. The van der Waals surface area contributed by atoms with E-state index < -0.39 is 0 Å². The highest BCUT2D eigenvalue weighted by atomic mass is 16.1. The lowest BCUT2D eigenvalue weighted by Crippen LogP contribution is -2.06. The molecule has 0 amide bonds. The number of rotatable bonds is 3. The molecule has 1 aliphatic rings. The monoisotopic (exact) mass is 200 g/mol. The van der Waals surface area contributed by atoms with Crippen molar-refractivity contribution >= 4 is 11.6 Å². The minimum atomic E-state index is 0.102. The first-order valence-corrected chi connectivity index (χ1v) is 5.05. The summed E-state index contributed by atoms with van der Waals surface area (Å²) in [6, 6.07) is 9.20. The number of allylic oxidation sites excluding steroid dienone is 2. The van der Waals surface area contributed by atoms with Gasteiger partial charge < -0.3 is 0 Å². The van der Waals surface area contributed by atoms with Crippen LogP contribution in [0.4, 0.5) is 0 Å². The molecule has 2 rings (SSSR count). The number of carbonyl (C=O) groups is 2. The van der Waals surface area contributed by atoms with Crippen molar-refractivity contribution in [2.45, 2.75) is 12.8 Å². The number of hydrogen-bond acceptors (Lipinski definition) is 2. The fourth-order valence-corrected chi connectivity index (χ4v) is 1.76. The quantitative estimate of drug-likeness (QED) is 0.702. The van der Waals surface area contributed by atoms with E-state index in [1.165, 1.54) is 0 Å². The predicted octanol–water partition coefficient (Wildman–Crippen LogP) is 2.40. The van der Waals surface area contributed by atoms with Crippen LogP contribution in [0.3, 0.4) is 0 Å². The molecular formula is C13H12O2. The first-order valence-electron chi connectivity index (χ1n) is 5.05. The van der Waals surface area contributed by atoms with Gasteiger partial charge in [0, 0.05) is 18.4 Å². The predicted molar refractivity (Wildman–Crippen MR) is 57.6 cm³/mol. The summed E-state index contributed by atoms with van der Waals surface area (Å²) in [5.74, 6) is 0.339. The Morgan fingerprint density at radius 2 is 2.00 bits per heavy atom. The third kappa shape index (κ3) is 2.40. The van der Waals surface area contributed by atoms with Crippen LogP contribution >= 0.6 is 0 Å². The molecule has 0 fully saturated rings. The van der Waals surface area contributed by atoms with Crippen LogP contribution in [-0.2, 0) is 4.79 Å². The van der Waals surface area contributed by atoms with Crippen molar-refractivity contribution in [1.29, 1.82) is 0 Å². The van der Waals surface area contributed by atoms with Gasteiger partial charge in [-0.3, -0.25) is 9.59 Å². The van der Waals surface area contributed by atoms with E-state index in [4.69, 9.17) is 0 Å². The van der Waals surface area contributed by atoms with E-state index in [0.29, 0.717) is 12.8 Å². The highest BCUT2D eigenvalue weighted by Crippen LogP contribution is 2.20. The summed E-state index contributed by atoms with van der Waals surface area (Å²) in [7, 11) is 0. The average molecular weight is 200 g/mol. The molecule has 0 bridgehead atoms. The van der Waals surface area contributed by atoms with E-state index in [1.54, 1.807) is 6.08 Å². The topological polar surface area (TPSA) is 34.1 Å². The standard InChI is InChI=1S/C13H12O2/c14-12-7-6-10(8-12)9-13(15)11-4-2-1-3-5-11/h1-7,10H,8-9H2/t10-/m0/s1. The van der Waals surface area contributed by atoms with Crippen LogP contribution in [0.25, 0.3) is 0 Å². The summed E-state index contributed by atoms with van der Waals surface area (Å²) in [5.41, 5.74) is 0.727. The van der Waals surface area contributed by atoms with E-state index >= 15 is 0 Å². The van der Waals surface area contributed by atoms with E-state index in [0.717, 1.165) is 5.56 Å². The zero-order valence-corrected chi connectivity index (χ0v) is 8.35. The number of hydrogen-bond donors (Lipinski definition) is 0. The normalized spacial score (nSPS) is 19.5. The first-order chi connectivity index (χ1) is 7.25. The summed E-state index contributed by atoms with van der Waals surface area (Å²) < 4.78 is 0. The Hall–Kier alpha value is -1.70. The van der Waals surface area contributed by atoms with Gasteiger partial charge in [-0.1, -0.05) is 36.4 Å². The van der Waals surface area contributed by atoms with Crippen molar-refractivity contribution in [2.24, 2.45) is 5.92 Å². The fraction of sp³-hybridized carbons (Fsp3) is 0.231. The third-order valence-corrected chi connectivity index (χ3v) is 2.56. The zero-order valence-electron chi connectivity index (χ0n) is 8.35. The Morgan fingerprint density at radius 1 is 1.27 bits per heavy atom. The van der Waals surface area contributed by atoms with Crippen molar-refractivity contribution in [2.75, 3.05) is 0 Å². The molecule has 0 unspecified atom stereocenters. The molecule has 1 aliphatic carbocycles. The maximum atomic E-state index is 11.8. The zero-order chi connectivity index (χ0) is 10.7. The van der Waals surface area contributed by atoms with Gasteiger partial charge in [0.05, 0.1) is 0 Å². The van der Waals surface area contributed by atoms with Crippen LogP contribution in [-0.4, -0.2) is 11.6 Å². The lowest BCUT2D eigenvalue weighted by molar-refractivity contribution is -0.114. The number of benzene rings is 1. The molecule has 15 heavy (non-hydrogen) atoms. The Labute approximate surface area is 88.6 Å². The summed E-state index contributed by atoms with van der Waals surface area (Å²) in [6.45, 7) is 0. The first kappa shape index (κ1) is 9.84. The molecule has 0 spiro atoms. The minimum absolute atomic E-state index is 0.102. The van der Waals surface area contributed by atoms with E-state index in [1.807, 2.05) is 36.4 Å². The maximum Gasteiger partial charge on any atom is 0.163 e. The van der Waals surface area contributed by atoms with Gasteiger partial charge in [0.25, 0.3) is 0 Å². The minimum Gasteiger partial charge on any atom is -0.295 e. The molecular weight excluding hydrogens is 188 g/mol. The molecule has 0 radical (unpaired) electrons. The molecule has 0 saturated carbocycles. The smallest absolute Gasteiger partial charge is 0.163 e. The summed E-state index contributed by atoms with van der Waals surface area (Å²) in [4.78, 5) is 22.7. The van der Waals surface area contributed by atoms with Crippen molar-refractivity contribution < 1.29 is 9.59 Å². The van der Waals surface area contributed by atoms with Gasteiger partial charge in [0.1, 0.15) is 0 Å². The summed E-state index contributed by atoms with van der Waals surface area (Å²) in [6.07, 6.45) is 4.33. The second kappa shape index (κ2) is 4.22. The van der Waals surface area contributed by atoms with Crippen LogP contribution in [0.2, 0.25) is 0 Å². The lowest BCUT2D eigenvalue weighted by atomic mass is 9.98. The van der Waals surface area contributed by atoms with Gasteiger partial charge in [-0.2, -0.15) is 0 Å². The van der Waals surface area contributed by atoms with Crippen molar-refractivity contribution in [3.05, 3.63) is 48.0 Å². The van der Waals surface area contributed by atoms with Gasteiger partial charge >= 0.3 is 0 Å². The van der Waals surface area contributed by atoms with Gasteiger partial charge in [0.2, 0.25) is 0 Å². The molecule has 1 aromatic rings.